The maximum absolute atomic E-state index is 10.6. The second-order valence-electron chi connectivity index (χ2n) is 4.71. The fourth-order valence-corrected chi connectivity index (χ4v) is 3.08. The molecule has 1 aromatic heterocycles. The summed E-state index contributed by atoms with van der Waals surface area (Å²) in [6.45, 7) is 3.23. The first-order valence-electron chi connectivity index (χ1n) is 6.20. The van der Waals surface area contributed by atoms with Crippen molar-refractivity contribution >= 4 is 17.3 Å². The van der Waals surface area contributed by atoms with Crippen LogP contribution < -0.4 is 0 Å². The molecule has 0 radical (unpaired) electrons. The summed E-state index contributed by atoms with van der Waals surface area (Å²) >= 11 is 1.82. The molecule has 3 nitrogen and oxygen atoms in total. The van der Waals surface area contributed by atoms with Crippen LogP contribution in [0.5, 0.6) is 0 Å². The van der Waals surface area contributed by atoms with E-state index < -0.39 is 5.97 Å². The summed E-state index contributed by atoms with van der Waals surface area (Å²) in [4.78, 5) is 14.5. The molecule has 1 saturated heterocycles. The van der Waals surface area contributed by atoms with E-state index in [0.29, 0.717) is 12.3 Å². The van der Waals surface area contributed by atoms with Crippen molar-refractivity contribution in [3.8, 4) is 0 Å². The number of likely N-dealkylation sites (tertiary alicyclic amines) is 1. The van der Waals surface area contributed by atoms with Gasteiger partial charge in [0.2, 0.25) is 0 Å². The lowest BCUT2D eigenvalue weighted by atomic mass is 9.93. The smallest absolute Gasteiger partial charge is 0.303 e. The van der Waals surface area contributed by atoms with Crippen LogP contribution in [0.1, 0.15) is 24.1 Å². The van der Waals surface area contributed by atoms with Crippen LogP contribution in [-0.2, 0) is 11.2 Å². The van der Waals surface area contributed by atoms with Gasteiger partial charge in [0.05, 0.1) is 0 Å². The highest BCUT2D eigenvalue weighted by molar-refractivity contribution is 7.09. The molecule has 0 unspecified atom stereocenters. The van der Waals surface area contributed by atoms with Crippen molar-refractivity contribution in [3.05, 3.63) is 22.4 Å². The topological polar surface area (TPSA) is 40.5 Å². The zero-order chi connectivity index (χ0) is 12.1. The summed E-state index contributed by atoms with van der Waals surface area (Å²) < 4.78 is 0. The van der Waals surface area contributed by atoms with Crippen LogP contribution in [-0.4, -0.2) is 35.6 Å². The van der Waals surface area contributed by atoms with Gasteiger partial charge in [0.15, 0.2) is 0 Å². The minimum atomic E-state index is -0.651. The average molecular weight is 253 g/mol. The first kappa shape index (κ1) is 12.6. The Morgan fingerprint density at radius 3 is 2.82 bits per heavy atom. The molecule has 0 saturated carbocycles. The average Bonchev–Trinajstić information content (AvgIpc) is 2.80. The molecule has 0 bridgehead atoms. The molecule has 1 N–H and O–H groups in total. The molecular weight excluding hydrogens is 234 g/mol. The number of hydrogen-bond acceptors (Lipinski definition) is 3. The minimum absolute atomic E-state index is 0.346. The molecule has 1 aromatic rings. The third-order valence-corrected chi connectivity index (χ3v) is 4.36. The maximum Gasteiger partial charge on any atom is 0.303 e. The van der Waals surface area contributed by atoms with Gasteiger partial charge in [-0.15, -0.1) is 11.3 Å². The normalized spacial score (nSPS) is 18.4. The monoisotopic (exact) mass is 253 g/mol. The molecule has 17 heavy (non-hydrogen) atoms. The molecule has 0 atom stereocenters. The fraction of sp³-hybridized carbons (Fsp3) is 0.615. The lowest BCUT2D eigenvalue weighted by molar-refractivity contribution is -0.138. The predicted molar refractivity (Wildman–Crippen MR) is 69.4 cm³/mol. The molecule has 94 valence electrons. The Kier molecular flexibility index (Phi) is 4.57. The minimum Gasteiger partial charge on any atom is -0.481 e. The summed E-state index contributed by atoms with van der Waals surface area (Å²) in [7, 11) is 0. The summed E-state index contributed by atoms with van der Waals surface area (Å²) in [6, 6.07) is 4.28. The summed E-state index contributed by atoms with van der Waals surface area (Å²) in [5.41, 5.74) is 0. The maximum atomic E-state index is 10.6. The number of piperidine rings is 1. The van der Waals surface area contributed by atoms with Gasteiger partial charge in [0.25, 0.3) is 0 Å². The van der Waals surface area contributed by atoms with Gasteiger partial charge in [-0.05, 0) is 49.7 Å². The van der Waals surface area contributed by atoms with Crippen molar-refractivity contribution in [1.29, 1.82) is 0 Å². The van der Waals surface area contributed by atoms with Gasteiger partial charge in [-0.2, -0.15) is 0 Å². The second kappa shape index (κ2) is 6.17. The van der Waals surface area contributed by atoms with E-state index in [1.807, 2.05) is 11.3 Å². The number of thiophene rings is 1. The lowest BCUT2D eigenvalue weighted by Crippen LogP contribution is -2.35. The molecule has 2 heterocycles. The number of nitrogens with zero attached hydrogens (tertiary/aromatic N) is 1. The van der Waals surface area contributed by atoms with Gasteiger partial charge < -0.3 is 10.0 Å². The van der Waals surface area contributed by atoms with Crippen LogP contribution in [0.2, 0.25) is 0 Å². The van der Waals surface area contributed by atoms with E-state index in [2.05, 4.69) is 22.4 Å². The van der Waals surface area contributed by atoms with Crippen LogP contribution >= 0.6 is 11.3 Å². The SMILES string of the molecule is O=C(O)CC1CCN(CCc2cccs2)CC1. The first-order valence-corrected chi connectivity index (χ1v) is 7.08. The quantitative estimate of drug-likeness (QED) is 0.876. The Bertz CT molecular complexity index is 342. The molecule has 4 heteroatoms. The van der Waals surface area contributed by atoms with Gasteiger partial charge in [0.1, 0.15) is 0 Å². The van der Waals surface area contributed by atoms with Gasteiger partial charge in [0, 0.05) is 17.8 Å². The standard InChI is InChI=1S/C13H19NO2S/c15-13(16)10-11-3-6-14(7-4-11)8-5-12-2-1-9-17-12/h1-2,9,11H,3-8,10H2,(H,15,16). The van der Waals surface area contributed by atoms with E-state index in [9.17, 15) is 4.79 Å². The van der Waals surface area contributed by atoms with E-state index in [1.54, 1.807) is 0 Å². The molecule has 1 fully saturated rings. The van der Waals surface area contributed by atoms with Crippen molar-refractivity contribution in [2.24, 2.45) is 5.92 Å². The Morgan fingerprint density at radius 1 is 1.47 bits per heavy atom. The third-order valence-electron chi connectivity index (χ3n) is 3.42. The summed E-state index contributed by atoms with van der Waals surface area (Å²) in [6.07, 6.45) is 3.55. The van der Waals surface area contributed by atoms with Gasteiger partial charge in [-0.1, -0.05) is 6.07 Å². The largest absolute Gasteiger partial charge is 0.481 e. The Hall–Kier alpha value is -0.870. The molecule has 0 aliphatic carbocycles. The van der Waals surface area contributed by atoms with Gasteiger partial charge in [-0.3, -0.25) is 4.79 Å². The molecule has 0 aromatic carbocycles. The van der Waals surface area contributed by atoms with Crippen LogP contribution in [0.4, 0.5) is 0 Å². The first-order chi connectivity index (χ1) is 8.24. The highest BCUT2D eigenvalue weighted by atomic mass is 32.1. The van der Waals surface area contributed by atoms with Crippen LogP contribution in [0.15, 0.2) is 17.5 Å². The zero-order valence-electron chi connectivity index (χ0n) is 9.97. The van der Waals surface area contributed by atoms with Crippen LogP contribution in [0.3, 0.4) is 0 Å². The molecule has 1 aliphatic rings. The Morgan fingerprint density at radius 2 is 2.24 bits per heavy atom. The molecule has 0 amide bonds. The highest BCUT2D eigenvalue weighted by Crippen LogP contribution is 2.21. The van der Waals surface area contributed by atoms with Gasteiger partial charge in [-0.25, -0.2) is 0 Å². The van der Waals surface area contributed by atoms with Gasteiger partial charge >= 0.3 is 5.97 Å². The number of carbonyl (C=O) groups is 1. The summed E-state index contributed by atoms with van der Waals surface area (Å²) in [5.74, 6) is -0.257. The number of carboxylic acid groups (broad SMARTS) is 1. The predicted octanol–water partition coefficient (Wildman–Crippen LogP) is 2.48. The zero-order valence-corrected chi connectivity index (χ0v) is 10.8. The van der Waals surface area contributed by atoms with Crippen molar-refractivity contribution in [2.75, 3.05) is 19.6 Å². The van der Waals surface area contributed by atoms with Crippen molar-refractivity contribution in [3.63, 3.8) is 0 Å². The molecule has 1 aliphatic heterocycles. The molecular formula is C13H19NO2S. The highest BCUT2D eigenvalue weighted by Gasteiger charge is 2.20. The van der Waals surface area contributed by atoms with E-state index in [4.69, 9.17) is 5.11 Å². The molecule has 0 spiro atoms. The second-order valence-corrected chi connectivity index (χ2v) is 5.74. The summed E-state index contributed by atoms with van der Waals surface area (Å²) in [5, 5.41) is 10.9. The van der Waals surface area contributed by atoms with E-state index >= 15 is 0 Å². The molecule has 2 rings (SSSR count). The number of aliphatic carboxylic acids is 1. The van der Waals surface area contributed by atoms with Crippen LogP contribution in [0.25, 0.3) is 0 Å². The number of carboxylic acids is 1. The fourth-order valence-electron chi connectivity index (χ4n) is 2.38. The lowest BCUT2D eigenvalue weighted by Gasteiger charge is -2.31. The number of hydrogen-bond donors (Lipinski definition) is 1. The Balaban J connectivity index is 1.67. The van der Waals surface area contributed by atoms with E-state index in [0.717, 1.165) is 38.9 Å². The van der Waals surface area contributed by atoms with Crippen LogP contribution in [0, 0.1) is 5.92 Å². The van der Waals surface area contributed by atoms with Crippen molar-refractivity contribution in [1.82, 2.24) is 4.90 Å². The number of rotatable bonds is 5. The third kappa shape index (κ3) is 4.13. The van der Waals surface area contributed by atoms with Crippen molar-refractivity contribution in [2.45, 2.75) is 25.7 Å². The Labute approximate surface area is 106 Å². The van der Waals surface area contributed by atoms with E-state index in [-0.39, 0.29) is 0 Å². The van der Waals surface area contributed by atoms with Crippen molar-refractivity contribution < 1.29 is 9.90 Å². The van der Waals surface area contributed by atoms with E-state index in [1.165, 1.54) is 4.88 Å².